The van der Waals surface area contributed by atoms with Crippen LogP contribution in [0.5, 0.6) is 5.75 Å². The third-order valence-electron chi connectivity index (χ3n) is 5.70. The minimum Gasteiger partial charge on any atom is -0.484 e. The van der Waals surface area contributed by atoms with Gasteiger partial charge >= 0.3 is 0 Å². The summed E-state index contributed by atoms with van der Waals surface area (Å²) >= 11 is 5.60. The Morgan fingerprint density at radius 2 is 1.74 bits per heavy atom. The zero-order valence-electron chi connectivity index (χ0n) is 16.3. The van der Waals surface area contributed by atoms with Crippen molar-refractivity contribution in [1.82, 2.24) is 5.32 Å². The molecule has 31 heavy (non-hydrogen) atoms. The first-order valence-electron chi connectivity index (χ1n) is 9.52. The Kier molecular flexibility index (Phi) is 5.46. The fraction of sp³-hybridized carbons (Fsp3) is 0.381. The molecule has 0 spiro atoms. The molecule has 0 heterocycles. The van der Waals surface area contributed by atoms with Crippen molar-refractivity contribution in [2.45, 2.75) is 30.6 Å². The van der Waals surface area contributed by atoms with Crippen LogP contribution in [0, 0.1) is 22.9 Å². The van der Waals surface area contributed by atoms with Gasteiger partial charge in [0.25, 0.3) is 5.91 Å². The van der Waals surface area contributed by atoms with Gasteiger partial charge < -0.3 is 10.1 Å². The molecule has 3 aliphatic carbocycles. The molecule has 5 nitrogen and oxygen atoms in total. The molecule has 166 valence electrons. The fourth-order valence-corrected chi connectivity index (χ4v) is 6.88. The standard InChI is InChI=1S/C21H19ClF3NO4S/c22-15-3-2-14(6-17(15)24)30-7-19(27)26-21-9-20(10-21,11-21)12-31(28,29)8-13-1-4-16(23)18(25)5-13/h1-6H,7-12H2,(H,26,27). The number of sulfone groups is 1. The topological polar surface area (TPSA) is 72.5 Å². The van der Waals surface area contributed by atoms with Gasteiger partial charge in [-0.3, -0.25) is 4.79 Å². The molecule has 2 bridgehead atoms. The molecule has 1 amide bonds. The van der Waals surface area contributed by atoms with Crippen LogP contribution in [-0.2, 0) is 20.4 Å². The molecule has 3 saturated carbocycles. The van der Waals surface area contributed by atoms with E-state index in [2.05, 4.69) is 5.32 Å². The Morgan fingerprint density at radius 3 is 2.39 bits per heavy atom. The molecule has 0 radical (unpaired) electrons. The SMILES string of the molecule is O=C(COc1ccc(Cl)c(F)c1)NC12CC(CS(=O)(=O)Cc3ccc(F)c(F)c3)(C1)C2. The lowest BCUT2D eigenvalue weighted by Crippen LogP contribution is -2.76. The second-order valence-electron chi connectivity index (χ2n) is 8.50. The van der Waals surface area contributed by atoms with Crippen LogP contribution in [0.15, 0.2) is 36.4 Å². The molecule has 0 saturated heterocycles. The number of hydrogen-bond acceptors (Lipinski definition) is 4. The molecule has 1 N–H and O–H groups in total. The summed E-state index contributed by atoms with van der Waals surface area (Å²) in [6.45, 7) is -0.301. The monoisotopic (exact) mass is 473 g/mol. The van der Waals surface area contributed by atoms with Crippen molar-refractivity contribution in [3.63, 3.8) is 0 Å². The average Bonchev–Trinajstić information content (AvgIpc) is 2.62. The Bertz CT molecular complexity index is 1140. The summed E-state index contributed by atoms with van der Waals surface area (Å²) in [5.74, 6) is -3.39. The highest BCUT2D eigenvalue weighted by molar-refractivity contribution is 7.90. The normalized spacial score (nSPS) is 24.1. The van der Waals surface area contributed by atoms with E-state index >= 15 is 0 Å². The Labute approximate surface area is 182 Å². The largest absolute Gasteiger partial charge is 0.484 e. The molecule has 0 unspecified atom stereocenters. The maximum absolute atomic E-state index is 13.4. The second-order valence-corrected chi connectivity index (χ2v) is 11.0. The lowest BCUT2D eigenvalue weighted by Gasteiger charge is -2.70. The molecular weight excluding hydrogens is 455 g/mol. The third-order valence-corrected chi connectivity index (χ3v) is 7.83. The van der Waals surface area contributed by atoms with Crippen LogP contribution in [0.3, 0.4) is 0 Å². The van der Waals surface area contributed by atoms with E-state index < -0.39 is 38.2 Å². The van der Waals surface area contributed by atoms with Crippen LogP contribution in [0.2, 0.25) is 5.02 Å². The minimum absolute atomic E-state index is 0.0459. The maximum atomic E-state index is 13.4. The van der Waals surface area contributed by atoms with Crippen LogP contribution in [0.1, 0.15) is 24.8 Å². The zero-order chi connectivity index (χ0) is 22.4. The summed E-state index contributed by atoms with van der Waals surface area (Å²) in [6, 6.07) is 6.92. The molecule has 3 fully saturated rings. The smallest absolute Gasteiger partial charge is 0.258 e. The molecule has 2 aromatic carbocycles. The molecule has 0 aromatic heterocycles. The van der Waals surface area contributed by atoms with E-state index in [9.17, 15) is 26.4 Å². The van der Waals surface area contributed by atoms with Gasteiger partial charge in [-0.05, 0) is 54.5 Å². The van der Waals surface area contributed by atoms with Crippen molar-refractivity contribution < 1.29 is 31.1 Å². The third kappa shape index (κ3) is 4.67. The van der Waals surface area contributed by atoms with Crippen LogP contribution < -0.4 is 10.1 Å². The van der Waals surface area contributed by atoms with Gasteiger partial charge in [-0.2, -0.15) is 0 Å². The van der Waals surface area contributed by atoms with Crippen molar-refractivity contribution >= 4 is 27.3 Å². The summed E-state index contributed by atoms with van der Waals surface area (Å²) in [5.41, 5.74) is -0.641. The predicted octanol–water partition coefficient (Wildman–Crippen LogP) is 3.79. The highest BCUT2D eigenvalue weighted by Gasteiger charge is 2.69. The Balaban J connectivity index is 1.25. The number of ether oxygens (including phenoxy) is 1. The predicted molar refractivity (Wildman–Crippen MR) is 108 cm³/mol. The van der Waals surface area contributed by atoms with E-state index in [1.54, 1.807) is 0 Å². The van der Waals surface area contributed by atoms with E-state index in [0.29, 0.717) is 19.3 Å². The summed E-state index contributed by atoms with van der Waals surface area (Å²) in [6.07, 6.45) is 1.58. The number of benzene rings is 2. The minimum atomic E-state index is -3.53. The van der Waals surface area contributed by atoms with E-state index in [0.717, 1.165) is 18.2 Å². The van der Waals surface area contributed by atoms with E-state index in [1.165, 1.54) is 18.2 Å². The molecule has 10 heteroatoms. The molecule has 3 aliphatic rings. The number of nitrogens with one attached hydrogen (secondary N) is 1. The lowest BCUT2D eigenvalue weighted by molar-refractivity contribution is -0.156. The number of amides is 1. The van der Waals surface area contributed by atoms with Gasteiger partial charge in [-0.25, -0.2) is 21.6 Å². The first kappa shape index (κ1) is 22.0. The number of rotatable bonds is 8. The van der Waals surface area contributed by atoms with Gasteiger partial charge in [0.2, 0.25) is 0 Å². The zero-order valence-corrected chi connectivity index (χ0v) is 17.8. The second kappa shape index (κ2) is 7.70. The van der Waals surface area contributed by atoms with Crippen LogP contribution in [0.4, 0.5) is 13.2 Å². The first-order valence-corrected chi connectivity index (χ1v) is 11.7. The number of carbonyl (C=O) groups is 1. The number of carbonyl (C=O) groups excluding carboxylic acids is 1. The van der Waals surface area contributed by atoms with E-state index in [4.69, 9.17) is 16.3 Å². The highest BCUT2D eigenvalue weighted by atomic mass is 35.5. The lowest BCUT2D eigenvalue weighted by atomic mass is 9.40. The van der Waals surface area contributed by atoms with Crippen LogP contribution in [0.25, 0.3) is 0 Å². The summed E-state index contributed by atoms with van der Waals surface area (Å²) < 4.78 is 70.0. The molecule has 2 aromatic rings. The fourth-order valence-electron chi connectivity index (χ4n) is 4.73. The summed E-state index contributed by atoms with van der Waals surface area (Å²) in [7, 11) is -3.53. The van der Waals surface area contributed by atoms with Crippen molar-refractivity contribution in [3.05, 3.63) is 64.4 Å². The first-order chi connectivity index (χ1) is 14.5. The van der Waals surface area contributed by atoms with Crippen molar-refractivity contribution in [2.24, 2.45) is 5.41 Å². The van der Waals surface area contributed by atoms with E-state index in [1.807, 2.05) is 0 Å². The highest BCUT2D eigenvalue weighted by Crippen LogP contribution is 2.67. The van der Waals surface area contributed by atoms with Gasteiger partial charge in [0.15, 0.2) is 28.1 Å². The van der Waals surface area contributed by atoms with Gasteiger partial charge in [-0.1, -0.05) is 17.7 Å². The van der Waals surface area contributed by atoms with Crippen molar-refractivity contribution in [1.29, 1.82) is 0 Å². The quantitative estimate of drug-likeness (QED) is 0.633. The van der Waals surface area contributed by atoms with Gasteiger partial charge in [0.1, 0.15) is 11.6 Å². The number of hydrogen-bond donors (Lipinski definition) is 1. The molecule has 5 rings (SSSR count). The van der Waals surface area contributed by atoms with Gasteiger partial charge in [0.05, 0.1) is 16.5 Å². The molecule has 0 atom stereocenters. The Hall–Kier alpha value is -2.26. The maximum Gasteiger partial charge on any atom is 0.258 e. The van der Waals surface area contributed by atoms with E-state index in [-0.39, 0.29) is 40.4 Å². The summed E-state index contributed by atoms with van der Waals surface area (Å²) in [5, 5.41) is 2.81. The number of halogens is 4. The molecular formula is C21H19ClF3NO4S. The molecule has 0 aliphatic heterocycles. The van der Waals surface area contributed by atoms with Crippen LogP contribution >= 0.6 is 11.6 Å². The summed E-state index contributed by atoms with van der Waals surface area (Å²) in [4.78, 5) is 12.2. The average molecular weight is 474 g/mol. The Morgan fingerprint density at radius 1 is 1.03 bits per heavy atom. The van der Waals surface area contributed by atoms with Gasteiger partial charge in [-0.15, -0.1) is 0 Å². The van der Waals surface area contributed by atoms with Crippen molar-refractivity contribution in [3.8, 4) is 5.75 Å². The van der Waals surface area contributed by atoms with Crippen LogP contribution in [-0.4, -0.2) is 32.2 Å². The van der Waals surface area contributed by atoms with Crippen molar-refractivity contribution in [2.75, 3.05) is 12.4 Å². The van der Waals surface area contributed by atoms with Gasteiger partial charge in [0, 0.05) is 11.6 Å².